The third kappa shape index (κ3) is 3.35. The van der Waals surface area contributed by atoms with Crippen LogP contribution in [-0.4, -0.2) is 12.4 Å². The summed E-state index contributed by atoms with van der Waals surface area (Å²) in [7, 11) is -3.94. The molecule has 0 radical (unpaired) electrons. The van der Waals surface area contributed by atoms with Crippen molar-refractivity contribution >= 4 is 66.1 Å². The van der Waals surface area contributed by atoms with Gasteiger partial charge < -0.3 is 4.42 Å². The van der Waals surface area contributed by atoms with Crippen LogP contribution in [0.4, 0.5) is 0 Å². The molecule has 0 unspecified atom stereocenters. The van der Waals surface area contributed by atoms with Crippen molar-refractivity contribution in [1.29, 1.82) is 0 Å². The van der Waals surface area contributed by atoms with Gasteiger partial charge in [0.25, 0.3) is 10.0 Å². The molecule has 0 spiro atoms. The minimum Gasteiger partial charge on any atom is -0.423 e. The normalized spacial score (nSPS) is 12.0. The summed E-state index contributed by atoms with van der Waals surface area (Å²) in [6, 6.07) is 20.1. The number of nitrogens with zero attached hydrogens (tertiary/aromatic N) is 1. The molecular weight excluding hydrogens is 561 g/mol. The highest BCUT2D eigenvalue weighted by Gasteiger charge is 2.28. The number of hydrogen-bond acceptors (Lipinski definition) is 4. The van der Waals surface area contributed by atoms with E-state index >= 15 is 0 Å². The number of aryl methyl sites for hydroxylation is 1. The Bertz CT molecular complexity index is 1670. The van der Waals surface area contributed by atoms with Crippen LogP contribution in [0.3, 0.4) is 0 Å². The highest BCUT2D eigenvalue weighted by atomic mass is 127. The van der Waals surface area contributed by atoms with Gasteiger partial charge in [0.15, 0.2) is 0 Å². The summed E-state index contributed by atoms with van der Waals surface area (Å²) in [6.07, 6.45) is 0. The molecule has 5 nitrogen and oxygen atoms in total. The highest BCUT2D eigenvalue weighted by molar-refractivity contribution is 14.1. The van der Waals surface area contributed by atoms with E-state index < -0.39 is 15.6 Å². The Kier molecular flexibility index (Phi) is 5.15. The summed E-state index contributed by atoms with van der Waals surface area (Å²) in [4.78, 5) is 11.9. The molecular formula is C24H15ClINO4S. The molecule has 0 atom stereocenters. The second kappa shape index (κ2) is 7.75. The first-order valence-corrected chi connectivity index (χ1v) is 12.5. The predicted molar refractivity (Wildman–Crippen MR) is 135 cm³/mol. The number of aromatic nitrogens is 1. The average molecular weight is 576 g/mol. The lowest BCUT2D eigenvalue weighted by molar-refractivity contribution is 0.561. The van der Waals surface area contributed by atoms with Crippen LogP contribution in [0.5, 0.6) is 0 Å². The Morgan fingerprint density at radius 1 is 0.906 bits per heavy atom. The SMILES string of the molecule is Cc1ccc(S(=O)(=O)n2c(-c3ccc(Cl)cc3)c(I)c3c4ccc(=O)oc4ccc32)cc1. The fourth-order valence-corrected chi connectivity index (χ4v) is 6.73. The van der Waals surface area contributed by atoms with E-state index in [-0.39, 0.29) is 4.90 Å². The zero-order chi connectivity index (χ0) is 22.6. The fourth-order valence-electron chi connectivity index (χ4n) is 3.78. The van der Waals surface area contributed by atoms with E-state index in [9.17, 15) is 13.2 Å². The molecule has 3 aromatic carbocycles. The predicted octanol–water partition coefficient (Wildman–Crippen LogP) is 6.22. The molecule has 5 aromatic rings. The molecule has 160 valence electrons. The summed E-state index contributed by atoms with van der Waals surface area (Å²) in [5.41, 5.74) is 2.64. The smallest absolute Gasteiger partial charge is 0.336 e. The van der Waals surface area contributed by atoms with Crippen LogP contribution >= 0.6 is 34.2 Å². The van der Waals surface area contributed by atoms with Crippen molar-refractivity contribution < 1.29 is 12.8 Å². The first kappa shape index (κ1) is 21.2. The average Bonchev–Trinajstić information content (AvgIpc) is 3.08. The standard InChI is InChI=1S/C24H15ClINO4S/c1-14-2-8-17(9-3-14)32(29,30)27-19-11-12-20-18(10-13-21(28)31-20)22(19)23(26)24(27)15-4-6-16(25)7-5-15/h2-13H,1H3. The lowest BCUT2D eigenvalue weighted by Gasteiger charge is -2.13. The zero-order valence-corrected chi connectivity index (χ0v) is 20.4. The van der Waals surface area contributed by atoms with E-state index in [0.717, 1.165) is 9.13 Å². The molecule has 0 aliphatic carbocycles. The Morgan fingerprint density at radius 3 is 2.28 bits per heavy atom. The zero-order valence-electron chi connectivity index (χ0n) is 16.7. The van der Waals surface area contributed by atoms with Gasteiger partial charge in [0.05, 0.1) is 16.1 Å². The number of fused-ring (bicyclic) bond motifs is 3. The van der Waals surface area contributed by atoms with E-state index in [4.69, 9.17) is 16.0 Å². The Hall–Kier alpha value is -2.62. The van der Waals surface area contributed by atoms with E-state index in [0.29, 0.717) is 38.2 Å². The Labute approximate surface area is 202 Å². The first-order valence-electron chi connectivity index (χ1n) is 9.62. The lowest BCUT2D eigenvalue weighted by Crippen LogP contribution is -2.14. The minimum atomic E-state index is -3.94. The topological polar surface area (TPSA) is 69.3 Å². The molecule has 32 heavy (non-hydrogen) atoms. The molecule has 0 saturated heterocycles. The maximum atomic E-state index is 13.9. The number of benzene rings is 3. The van der Waals surface area contributed by atoms with Crippen molar-refractivity contribution in [2.75, 3.05) is 0 Å². The third-order valence-corrected chi connectivity index (χ3v) is 8.34. The van der Waals surface area contributed by atoms with Gasteiger partial charge in [0, 0.05) is 31.0 Å². The first-order chi connectivity index (χ1) is 15.3. The summed E-state index contributed by atoms with van der Waals surface area (Å²) < 4.78 is 35.2. The Balaban J connectivity index is 1.95. The molecule has 0 fully saturated rings. The maximum absolute atomic E-state index is 13.9. The number of rotatable bonds is 3. The molecule has 2 heterocycles. The van der Waals surface area contributed by atoms with Crippen LogP contribution in [0.1, 0.15) is 5.56 Å². The second-order valence-corrected chi connectivity index (χ2v) is 10.7. The van der Waals surface area contributed by atoms with Gasteiger partial charge in [-0.05, 0) is 72.0 Å². The van der Waals surface area contributed by atoms with Gasteiger partial charge in [-0.3, -0.25) is 0 Å². The second-order valence-electron chi connectivity index (χ2n) is 7.38. The third-order valence-electron chi connectivity index (χ3n) is 5.31. The summed E-state index contributed by atoms with van der Waals surface area (Å²) >= 11 is 8.24. The molecule has 0 aliphatic rings. The fraction of sp³-hybridized carbons (Fsp3) is 0.0417. The van der Waals surface area contributed by atoms with E-state index in [1.165, 1.54) is 10.0 Å². The quantitative estimate of drug-likeness (QED) is 0.189. The van der Waals surface area contributed by atoms with E-state index in [2.05, 4.69) is 22.6 Å². The van der Waals surface area contributed by atoms with Gasteiger partial charge in [-0.15, -0.1) is 0 Å². The Morgan fingerprint density at radius 2 is 1.59 bits per heavy atom. The molecule has 5 rings (SSSR count). The van der Waals surface area contributed by atoms with Gasteiger partial charge in [0.2, 0.25) is 0 Å². The van der Waals surface area contributed by atoms with Crippen LogP contribution in [0.25, 0.3) is 33.1 Å². The molecule has 0 saturated carbocycles. The molecule has 0 bridgehead atoms. The van der Waals surface area contributed by atoms with Crippen molar-refractivity contribution in [3.05, 3.63) is 97.4 Å². The number of halogens is 2. The summed E-state index contributed by atoms with van der Waals surface area (Å²) in [5, 5.41) is 1.92. The highest BCUT2D eigenvalue weighted by Crippen LogP contribution is 2.40. The summed E-state index contributed by atoms with van der Waals surface area (Å²) in [5.74, 6) is 0. The summed E-state index contributed by atoms with van der Waals surface area (Å²) in [6.45, 7) is 1.91. The van der Waals surface area contributed by atoms with Gasteiger partial charge in [0.1, 0.15) is 5.58 Å². The molecule has 0 N–H and O–H groups in total. The van der Waals surface area contributed by atoms with Gasteiger partial charge in [-0.25, -0.2) is 17.2 Å². The van der Waals surface area contributed by atoms with Gasteiger partial charge >= 0.3 is 5.63 Å². The molecule has 0 amide bonds. The molecule has 8 heteroatoms. The molecule has 0 aliphatic heterocycles. The largest absolute Gasteiger partial charge is 0.423 e. The van der Waals surface area contributed by atoms with Crippen molar-refractivity contribution in [3.8, 4) is 11.3 Å². The van der Waals surface area contributed by atoms with Gasteiger partial charge in [-0.2, -0.15) is 0 Å². The molecule has 2 aromatic heterocycles. The van der Waals surface area contributed by atoms with Crippen molar-refractivity contribution in [1.82, 2.24) is 3.97 Å². The van der Waals surface area contributed by atoms with Crippen LogP contribution in [0, 0.1) is 10.5 Å². The lowest BCUT2D eigenvalue weighted by atomic mass is 10.1. The van der Waals surface area contributed by atoms with E-state index in [1.807, 2.05) is 6.92 Å². The van der Waals surface area contributed by atoms with Crippen LogP contribution < -0.4 is 5.63 Å². The van der Waals surface area contributed by atoms with Crippen LogP contribution in [0.15, 0.2) is 86.9 Å². The van der Waals surface area contributed by atoms with E-state index in [1.54, 1.807) is 66.7 Å². The maximum Gasteiger partial charge on any atom is 0.336 e. The van der Waals surface area contributed by atoms with Crippen LogP contribution in [0.2, 0.25) is 5.02 Å². The minimum absolute atomic E-state index is 0.186. The van der Waals surface area contributed by atoms with Crippen molar-refractivity contribution in [3.63, 3.8) is 0 Å². The van der Waals surface area contributed by atoms with Gasteiger partial charge in [-0.1, -0.05) is 41.4 Å². The monoisotopic (exact) mass is 575 g/mol. The van der Waals surface area contributed by atoms with Crippen LogP contribution in [-0.2, 0) is 10.0 Å². The van der Waals surface area contributed by atoms with Crippen molar-refractivity contribution in [2.24, 2.45) is 0 Å². The van der Waals surface area contributed by atoms with Crippen molar-refractivity contribution in [2.45, 2.75) is 11.8 Å². The number of hydrogen-bond donors (Lipinski definition) is 0.